The molecule has 5 heteroatoms. The molecule has 24 heavy (non-hydrogen) atoms. The van der Waals surface area contributed by atoms with Crippen molar-refractivity contribution in [3.8, 4) is 0 Å². The number of nitrogens with one attached hydrogen (secondary N) is 1. The standard InChI is InChI=1S/C19H20ClN3O/c1-2-14-5-11-17(12-6-14)23(18-4-3-13-21-18)19(24)22-16-9-7-15(20)8-10-16/h5-12H,2-4,13H2,1H3,(H,22,24). The van der Waals surface area contributed by atoms with Crippen molar-refractivity contribution in [1.29, 1.82) is 0 Å². The molecular weight excluding hydrogens is 322 g/mol. The largest absolute Gasteiger partial charge is 0.331 e. The summed E-state index contributed by atoms with van der Waals surface area (Å²) in [4.78, 5) is 19.0. The van der Waals surface area contributed by atoms with Gasteiger partial charge in [0.25, 0.3) is 0 Å². The smallest absolute Gasteiger partial charge is 0.307 e. The number of hydrogen-bond acceptors (Lipinski definition) is 2. The number of aliphatic imine (C=N–C) groups is 1. The van der Waals surface area contributed by atoms with Crippen molar-refractivity contribution in [2.75, 3.05) is 16.8 Å². The molecule has 0 unspecified atom stereocenters. The van der Waals surface area contributed by atoms with Gasteiger partial charge in [0.2, 0.25) is 0 Å². The highest BCUT2D eigenvalue weighted by atomic mass is 35.5. The topological polar surface area (TPSA) is 44.7 Å². The van der Waals surface area contributed by atoms with E-state index >= 15 is 0 Å². The summed E-state index contributed by atoms with van der Waals surface area (Å²) in [6.45, 7) is 2.88. The number of aryl methyl sites for hydroxylation is 1. The van der Waals surface area contributed by atoms with Crippen molar-refractivity contribution in [2.24, 2.45) is 4.99 Å². The molecule has 0 aliphatic carbocycles. The molecule has 124 valence electrons. The second-order valence-electron chi connectivity index (χ2n) is 5.69. The van der Waals surface area contributed by atoms with Gasteiger partial charge in [-0.3, -0.25) is 9.89 Å². The summed E-state index contributed by atoms with van der Waals surface area (Å²) >= 11 is 5.90. The van der Waals surface area contributed by atoms with Crippen LogP contribution >= 0.6 is 11.6 Å². The minimum absolute atomic E-state index is 0.206. The normalized spacial score (nSPS) is 13.5. The summed E-state index contributed by atoms with van der Waals surface area (Å²) in [6, 6.07) is 14.9. The summed E-state index contributed by atoms with van der Waals surface area (Å²) in [7, 11) is 0. The van der Waals surface area contributed by atoms with E-state index in [0.717, 1.165) is 37.3 Å². The second kappa shape index (κ2) is 7.49. The maximum Gasteiger partial charge on any atom is 0.331 e. The third-order valence-corrected chi connectivity index (χ3v) is 4.26. The van der Waals surface area contributed by atoms with Gasteiger partial charge >= 0.3 is 6.03 Å². The lowest BCUT2D eigenvalue weighted by Crippen LogP contribution is -2.39. The number of anilines is 2. The molecule has 4 nitrogen and oxygen atoms in total. The average Bonchev–Trinajstić information content (AvgIpc) is 3.12. The molecule has 2 aromatic rings. The number of nitrogens with zero attached hydrogens (tertiary/aromatic N) is 2. The van der Waals surface area contributed by atoms with E-state index in [9.17, 15) is 4.79 Å². The number of hydrogen-bond donors (Lipinski definition) is 1. The highest BCUT2D eigenvalue weighted by Crippen LogP contribution is 2.22. The van der Waals surface area contributed by atoms with Crippen LogP contribution in [0.3, 0.4) is 0 Å². The molecule has 2 aromatic carbocycles. The van der Waals surface area contributed by atoms with Gasteiger partial charge in [-0.15, -0.1) is 0 Å². The number of rotatable bonds is 3. The number of urea groups is 1. The fourth-order valence-corrected chi connectivity index (χ4v) is 2.81. The van der Waals surface area contributed by atoms with E-state index in [1.165, 1.54) is 5.56 Å². The predicted molar refractivity (Wildman–Crippen MR) is 100 cm³/mol. The van der Waals surface area contributed by atoms with Gasteiger partial charge in [0.15, 0.2) is 0 Å². The van der Waals surface area contributed by atoms with Gasteiger partial charge in [-0.25, -0.2) is 4.79 Å². The number of amides is 2. The van der Waals surface area contributed by atoms with Crippen LogP contribution in [0.4, 0.5) is 16.2 Å². The van der Waals surface area contributed by atoms with Gasteiger partial charge in [0.1, 0.15) is 5.84 Å². The average molecular weight is 342 g/mol. The van der Waals surface area contributed by atoms with Crippen molar-refractivity contribution in [2.45, 2.75) is 26.2 Å². The fourth-order valence-electron chi connectivity index (χ4n) is 2.68. The highest BCUT2D eigenvalue weighted by Gasteiger charge is 2.23. The maximum atomic E-state index is 12.8. The van der Waals surface area contributed by atoms with Crippen LogP contribution in [0.15, 0.2) is 53.5 Å². The van der Waals surface area contributed by atoms with Crippen LogP contribution in [-0.2, 0) is 6.42 Å². The molecule has 0 saturated carbocycles. The van der Waals surface area contributed by atoms with Crippen molar-refractivity contribution in [3.63, 3.8) is 0 Å². The SMILES string of the molecule is CCc1ccc(N(C(=O)Nc2ccc(Cl)cc2)C2=NCCC2)cc1. The molecule has 0 radical (unpaired) electrons. The molecule has 0 fully saturated rings. The molecule has 1 N–H and O–H groups in total. The predicted octanol–water partition coefficient (Wildman–Crippen LogP) is 5.13. The number of carbonyl (C=O) groups excluding carboxylic acids is 1. The first-order chi connectivity index (χ1) is 11.7. The van der Waals surface area contributed by atoms with Crippen molar-refractivity contribution < 1.29 is 4.79 Å². The fraction of sp³-hybridized carbons (Fsp3) is 0.263. The molecule has 0 atom stereocenters. The number of carbonyl (C=O) groups is 1. The number of benzene rings is 2. The molecule has 0 bridgehead atoms. The molecule has 1 heterocycles. The van der Waals surface area contributed by atoms with E-state index in [0.29, 0.717) is 10.7 Å². The minimum atomic E-state index is -0.206. The Morgan fingerprint density at radius 2 is 1.88 bits per heavy atom. The molecule has 2 amide bonds. The molecular formula is C19H20ClN3O. The molecule has 0 saturated heterocycles. The van der Waals surface area contributed by atoms with E-state index < -0.39 is 0 Å². The molecule has 1 aliphatic heterocycles. The van der Waals surface area contributed by atoms with Crippen LogP contribution in [0.25, 0.3) is 0 Å². The first kappa shape index (κ1) is 16.5. The third-order valence-electron chi connectivity index (χ3n) is 4.01. The summed E-state index contributed by atoms with van der Waals surface area (Å²) in [5, 5.41) is 3.56. The summed E-state index contributed by atoms with van der Waals surface area (Å²) in [5.74, 6) is 0.811. The van der Waals surface area contributed by atoms with Crippen LogP contribution in [0.2, 0.25) is 5.02 Å². The lowest BCUT2D eigenvalue weighted by Gasteiger charge is -2.23. The van der Waals surface area contributed by atoms with Crippen molar-refractivity contribution >= 4 is 34.8 Å². The zero-order valence-electron chi connectivity index (χ0n) is 13.6. The van der Waals surface area contributed by atoms with Crippen LogP contribution in [0, 0.1) is 0 Å². The summed E-state index contributed by atoms with van der Waals surface area (Å²) < 4.78 is 0. The molecule has 0 spiro atoms. The number of halogens is 1. The second-order valence-corrected chi connectivity index (χ2v) is 6.13. The molecule has 1 aliphatic rings. The van der Waals surface area contributed by atoms with Gasteiger partial charge < -0.3 is 5.32 Å². The lowest BCUT2D eigenvalue weighted by molar-refractivity contribution is 0.259. The van der Waals surface area contributed by atoms with Crippen molar-refractivity contribution in [1.82, 2.24) is 0 Å². The Hall–Kier alpha value is -2.33. The number of amidine groups is 1. The van der Waals surface area contributed by atoms with Gasteiger partial charge in [-0.1, -0.05) is 30.7 Å². The third kappa shape index (κ3) is 3.77. The summed E-state index contributed by atoms with van der Waals surface area (Å²) in [6.07, 6.45) is 2.76. The van der Waals surface area contributed by atoms with Crippen LogP contribution < -0.4 is 10.2 Å². The van der Waals surface area contributed by atoms with E-state index in [1.807, 2.05) is 24.3 Å². The van der Waals surface area contributed by atoms with Crippen LogP contribution in [0.5, 0.6) is 0 Å². The lowest BCUT2D eigenvalue weighted by atomic mass is 10.1. The van der Waals surface area contributed by atoms with Gasteiger partial charge in [-0.05, 0) is 54.8 Å². The van der Waals surface area contributed by atoms with E-state index in [1.54, 1.807) is 29.2 Å². The Kier molecular flexibility index (Phi) is 5.16. The van der Waals surface area contributed by atoms with Crippen LogP contribution in [-0.4, -0.2) is 18.4 Å². The summed E-state index contributed by atoms with van der Waals surface area (Å²) in [5.41, 5.74) is 2.78. The van der Waals surface area contributed by atoms with E-state index in [4.69, 9.17) is 11.6 Å². The monoisotopic (exact) mass is 341 g/mol. The highest BCUT2D eigenvalue weighted by molar-refractivity contribution is 6.30. The van der Waals surface area contributed by atoms with Crippen molar-refractivity contribution in [3.05, 3.63) is 59.1 Å². The minimum Gasteiger partial charge on any atom is -0.307 e. The molecule has 3 rings (SSSR count). The van der Waals surface area contributed by atoms with Gasteiger partial charge in [0, 0.05) is 23.7 Å². The van der Waals surface area contributed by atoms with E-state index in [2.05, 4.69) is 17.2 Å². The Morgan fingerprint density at radius 1 is 1.17 bits per heavy atom. The zero-order valence-corrected chi connectivity index (χ0v) is 14.4. The first-order valence-corrected chi connectivity index (χ1v) is 8.54. The maximum absolute atomic E-state index is 12.8. The molecule has 0 aromatic heterocycles. The van der Waals surface area contributed by atoms with E-state index in [-0.39, 0.29) is 6.03 Å². The Morgan fingerprint density at radius 3 is 2.46 bits per heavy atom. The Labute approximate surface area is 147 Å². The van der Waals surface area contributed by atoms with Gasteiger partial charge in [0.05, 0.1) is 5.69 Å². The first-order valence-electron chi connectivity index (χ1n) is 8.16. The zero-order chi connectivity index (χ0) is 16.9. The Bertz CT molecular complexity index is 738. The quantitative estimate of drug-likeness (QED) is 0.826. The Balaban J connectivity index is 1.86. The van der Waals surface area contributed by atoms with Crippen LogP contribution in [0.1, 0.15) is 25.3 Å². The van der Waals surface area contributed by atoms with Gasteiger partial charge in [-0.2, -0.15) is 0 Å².